The third-order valence-corrected chi connectivity index (χ3v) is 6.28. The van der Waals surface area contributed by atoms with Crippen molar-refractivity contribution in [2.45, 2.75) is 18.8 Å². The van der Waals surface area contributed by atoms with Gasteiger partial charge in [0.15, 0.2) is 11.4 Å². The summed E-state index contributed by atoms with van der Waals surface area (Å²) in [5.74, 6) is -0.471. The van der Waals surface area contributed by atoms with Crippen LogP contribution in [0.15, 0.2) is 24.7 Å². The van der Waals surface area contributed by atoms with Crippen molar-refractivity contribution in [2.75, 3.05) is 18.8 Å². The molecule has 0 aliphatic carbocycles. The average Bonchev–Trinajstić information content (AvgIpc) is 3.10. The Bertz CT molecular complexity index is 1080. The quantitative estimate of drug-likeness (QED) is 0.761. The molecule has 1 aliphatic rings. The van der Waals surface area contributed by atoms with E-state index in [1.807, 2.05) is 12.3 Å². The molecule has 1 atom stereocenters. The number of nitrogens with zero attached hydrogens (tertiary/aromatic N) is 5. The van der Waals surface area contributed by atoms with E-state index < -0.39 is 15.8 Å². The van der Waals surface area contributed by atoms with Gasteiger partial charge in [-0.3, -0.25) is 4.98 Å². The van der Waals surface area contributed by atoms with Crippen molar-refractivity contribution in [3.8, 4) is 6.07 Å². The second-order valence-electron chi connectivity index (χ2n) is 6.17. The zero-order valence-electron chi connectivity index (χ0n) is 13.4. The van der Waals surface area contributed by atoms with Crippen LogP contribution in [-0.4, -0.2) is 51.7 Å². The fourth-order valence-electron chi connectivity index (χ4n) is 3.51. The van der Waals surface area contributed by atoms with Gasteiger partial charge in [-0.25, -0.2) is 12.7 Å². The van der Waals surface area contributed by atoms with Crippen LogP contribution in [-0.2, 0) is 10.0 Å². The Hall–Kier alpha value is -2.57. The van der Waals surface area contributed by atoms with E-state index in [0.29, 0.717) is 24.3 Å². The molecule has 1 fully saturated rings. The lowest BCUT2D eigenvalue weighted by atomic mass is 9.90. The number of rotatable bonds is 3. The minimum absolute atomic E-state index is 0.0146. The van der Waals surface area contributed by atoms with Crippen LogP contribution in [0.3, 0.4) is 0 Å². The molecule has 4 rings (SSSR count). The van der Waals surface area contributed by atoms with E-state index in [9.17, 15) is 8.42 Å². The predicted octanol–water partition coefficient (Wildman–Crippen LogP) is 1.54. The third-order valence-electron chi connectivity index (χ3n) is 4.67. The van der Waals surface area contributed by atoms with E-state index in [1.54, 1.807) is 18.5 Å². The summed E-state index contributed by atoms with van der Waals surface area (Å²) in [7, 11) is -3.54. The van der Waals surface area contributed by atoms with Crippen LogP contribution in [0.2, 0.25) is 0 Å². The molecule has 0 spiro atoms. The van der Waals surface area contributed by atoms with E-state index in [1.165, 1.54) is 4.31 Å². The minimum atomic E-state index is -3.54. The van der Waals surface area contributed by atoms with Crippen LogP contribution in [0.4, 0.5) is 0 Å². The Balaban J connectivity index is 1.79. The monoisotopic (exact) mass is 356 g/mol. The lowest BCUT2D eigenvalue weighted by Gasteiger charge is -2.31. The highest BCUT2D eigenvalue weighted by Gasteiger charge is 2.30. The number of H-pyrrole nitrogens is 1. The van der Waals surface area contributed by atoms with E-state index >= 15 is 0 Å². The first-order valence-electron chi connectivity index (χ1n) is 8.02. The van der Waals surface area contributed by atoms with Gasteiger partial charge in [-0.2, -0.15) is 5.26 Å². The normalized spacial score (nSPS) is 19.2. The van der Waals surface area contributed by atoms with Gasteiger partial charge >= 0.3 is 0 Å². The van der Waals surface area contributed by atoms with Crippen molar-refractivity contribution < 1.29 is 8.42 Å². The van der Waals surface area contributed by atoms with E-state index in [-0.39, 0.29) is 5.92 Å². The molecule has 128 valence electrons. The standard InChI is InChI=1S/C16H16N6O2S/c17-4-7-25(23,24)22-6-1-2-11(10-22)13-8-18-9-14-15(13)12-3-5-19-16(12)21-20-14/h3,5,8-9,11H,1-2,6-7,10H2,(H,19,21). The predicted molar refractivity (Wildman–Crippen MR) is 92.1 cm³/mol. The molecule has 3 aromatic rings. The third kappa shape index (κ3) is 2.73. The molecule has 4 heterocycles. The fourth-order valence-corrected chi connectivity index (χ4v) is 4.67. The summed E-state index contributed by atoms with van der Waals surface area (Å²) < 4.78 is 25.9. The summed E-state index contributed by atoms with van der Waals surface area (Å²) >= 11 is 0. The zero-order valence-corrected chi connectivity index (χ0v) is 14.2. The summed E-state index contributed by atoms with van der Waals surface area (Å²) in [6.07, 6.45) is 6.90. The van der Waals surface area contributed by atoms with E-state index in [4.69, 9.17) is 5.26 Å². The molecular weight excluding hydrogens is 340 g/mol. The van der Waals surface area contributed by atoms with Crippen LogP contribution >= 0.6 is 0 Å². The average molecular weight is 356 g/mol. The van der Waals surface area contributed by atoms with Crippen molar-refractivity contribution in [1.29, 1.82) is 5.26 Å². The Labute approximate surface area is 144 Å². The summed E-state index contributed by atoms with van der Waals surface area (Å²) in [6, 6.07) is 3.69. The molecule has 0 saturated carbocycles. The number of fused-ring (bicyclic) bond motifs is 3. The highest BCUT2D eigenvalue weighted by molar-refractivity contribution is 7.89. The molecular formula is C16H16N6O2S. The second kappa shape index (κ2) is 6.06. The number of hydrogen-bond acceptors (Lipinski definition) is 6. The summed E-state index contributed by atoms with van der Waals surface area (Å²) in [5, 5.41) is 19.1. The van der Waals surface area contributed by atoms with Crippen LogP contribution in [0.25, 0.3) is 21.9 Å². The number of nitrogens with one attached hydrogen (secondary N) is 1. The molecule has 0 radical (unpaired) electrons. The molecule has 1 saturated heterocycles. The number of aromatic amines is 1. The first-order chi connectivity index (χ1) is 12.1. The van der Waals surface area contributed by atoms with E-state index in [0.717, 1.165) is 29.2 Å². The topological polar surface area (TPSA) is 116 Å². The van der Waals surface area contributed by atoms with Gasteiger partial charge in [0.05, 0.1) is 12.3 Å². The summed E-state index contributed by atoms with van der Waals surface area (Å²) in [4.78, 5) is 7.32. The summed E-state index contributed by atoms with van der Waals surface area (Å²) in [5.41, 5.74) is 2.38. The summed E-state index contributed by atoms with van der Waals surface area (Å²) in [6.45, 7) is 0.817. The van der Waals surface area contributed by atoms with Crippen LogP contribution < -0.4 is 0 Å². The maximum Gasteiger partial charge on any atom is 0.227 e. The Morgan fingerprint density at radius 1 is 1.36 bits per heavy atom. The maximum absolute atomic E-state index is 12.3. The van der Waals surface area contributed by atoms with Crippen LogP contribution in [0.1, 0.15) is 24.3 Å². The van der Waals surface area contributed by atoms with Crippen molar-refractivity contribution in [3.63, 3.8) is 0 Å². The number of aromatic nitrogens is 4. The molecule has 25 heavy (non-hydrogen) atoms. The first kappa shape index (κ1) is 15.9. The van der Waals surface area contributed by atoms with Gasteiger partial charge in [-0.1, -0.05) is 0 Å². The van der Waals surface area contributed by atoms with Gasteiger partial charge in [0.25, 0.3) is 0 Å². The van der Waals surface area contributed by atoms with Crippen molar-refractivity contribution in [3.05, 3.63) is 30.2 Å². The second-order valence-corrected chi connectivity index (χ2v) is 8.14. The highest BCUT2D eigenvalue weighted by atomic mass is 32.2. The van der Waals surface area contributed by atoms with Gasteiger partial charge in [-0.05, 0) is 30.4 Å². The number of sulfonamides is 1. The van der Waals surface area contributed by atoms with Gasteiger partial charge in [0.1, 0.15) is 5.52 Å². The van der Waals surface area contributed by atoms with Crippen LogP contribution in [0.5, 0.6) is 0 Å². The zero-order chi connectivity index (χ0) is 17.4. The van der Waals surface area contributed by atoms with Gasteiger partial charge in [0, 0.05) is 36.3 Å². The minimum Gasteiger partial charge on any atom is -0.345 e. The number of hydrogen-bond donors (Lipinski definition) is 1. The lowest BCUT2D eigenvalue weighted by Crippen LogP contribution is -2.40. The van der Waals surface area contributed by atoms with Crippen molar-refractivity contribution in [2.24, 2.45) is 0 Å². The first-order valence-corrected chi connectivity index (χ1v) is 9.63. The molecule has 1 N–H and O–H groups in total. The number of nitriles is 1. The maximum atomic E-state index is 12.3. The smallest absolute Gasteiger partial charge is 0.227 e. The molecule has 0 bridgehead atoms. The fraction of sp³-hybridized carbons (Fsp3) is 0.375. The van der Waals surface area contributed by atoms with Gasteiger partial charge < -0.3 is 4.98 Å². The Morgan fingerprint density at radius 3 is 3.08 bits per heavy atom. The Morgan fingerprint density at radius 2 is 2.24 bits per heavy atom. The molecule has 0 amide bonds. The Kier molecular flexibility index (Phi) is 3.86. The SMILES string of the molecule is N#CCS(=O)(=O)N1CCCC(c2cncc3nnc4[nH]ccc4c23)C1. The van der Waals surface area contributed by atoms with Crippen molar-refractivity contribution in [1.82, 2.24) is 24.5 Å². The largest absolute Gasteiger partial charge is 0.345 e. The highest BCUT2D eigenvalue weighted by Crippen LogP contribution is 2.34. The van der Waals surface area contributed by atoms with Gasteiger partial charge in [-0.15, -0.1) is 10.2 Å². The van der Waals surface area contributed by atoms with Crippen LogP contribution in [0, 0.1) is 11.3 Å². The molecule has 1 aliphatic heterocycles. The molecule has 0 aromatic carbocycles. The van der Waals surface area contributed by atoms with Crippen molar-refractivity contribution >= 4 is 32.0 Å². The molecule has 9 heteroatoms. The molecule has 8 nitrogen and oxygen atoms in total. The lowest BCUT2D eigenvalue weighted by molar-refractivity contribution is 0.317. The molecule has 3 aromatic heterocycles. The number of pyridine rings is 1. The number of piperidine rings is 1. The van der Waals surface area contributed by atoms with E-state index in [2.05, 4.69) is 20.2 Å². The van der Waals surface area contributed by atoms with Gasteiger partial charge in [0.2, 0.25) is 10.0 Å². The molecule has 1 unspecified atom stereocenters.